The third kappa shape index (κ3) is 6.33. The van der Waals surface area contributed by atoms with Crippen LogP contribution in [-0.2, 0) is 34.5 Å². The van der Waals surface area contributed by atoms with E-state index in [1.54, 1.807) is 6.26 Å². The summed E-state index contributed by atoms with van der Waals surface area (Å²) in [6.07, 6.45) is 2.43. The molecule has 2 aliphatic heterocycles. The van der Waals surface area contributed by atoms with E-state index < -0.39 is 12.1 Å². The highest BCUT2D eigenvalue weighted by molar-refractivity contribution is 5.79. The summed E-state index contributed by atoms with van der Waals surface area (Å²) in [4.78, 5) is 23.9. The Kier molecular flexibility index (Phi) is 7.56. The number of rotatable bonds is 5. The van der Waals surface area contributed by atoms with E-state index in [0.717, 1.165) is 38.3 Å². The number of furan rings is 1. The van der Waals surface area contributed by atoms with Crippen molar-refractivity contribution in [2.45, 2.75) is 44.3 Å². The van der Waals surface area contributed by atoms with Crippen molar-refractivity contribution in [3.8, 4) is 0 Å². The smallest absolute Gasteiger partial charge is 0.475 e. The fourth-order valence-corrected chi connectivity index (χ4v) is 3.94. The molecule has 1 amide bonds. The van der Waals surface area contributed by atoms with Gasteiger partial charge in [0.2, 0.25) is 5.91 Å². The molecule has 0 unspecified atom stereocenters. The third-order valence-corrected chi connectivity index (χ3v) is 5.39. The Morgan fingerprint density at radius 3 is 2.72 bits per heavy atom. The highest BCUT2D eigenvalue weighted by Gasteiger charge is 2.42. The first-order valence-electron chi connectivity index (χ1n) is 10.1. The van der Waals surface area contributed by atoms with Gasteiger partial charge in [-0.3, -0.25) is 14.4 Å². The number of alkyl halides is 3. The number of carboxylic acid groups (broad SMARTS) is 1. The zero-order valence-corrected chi connectivity index (χ0v) is 17.4. The maximum atomic E-state index is 12.6. The minimum absolute atomic E-state index is 0.0639. The molecule has 3 atom stereocenters. The Labute approximate surface area is 182 Å². The summed E-state index contributed by atoms with van der Waals surface area (Å²) < 4.78 is 44.7. The van der Waals surface area contributed by atoms with Crippen LogP contribution in [0, 0.1) is 5.92 Å². The van der Waals surface area contributed by atoms with Crippen molar-refractivity contribution in [3.05, 3.63) is 42.1 Å². The lowest BCUT2D eigenvalue weighted by molar-refractivity contribution is -0.192. The molecule has 0 saturated carbocycles. The van der Waals surface area contributed by atoms with Crippen LogP contribution < -0.4 is 5.32 Å². The van der Waals surface area contributed by atoms with Gasteiger partial charge < -0.3 is 19.6 Å². The SMILES string of the molecule is Cn1cc(CN2C[C@H](C(=O)NCc3ccco3)C[C@H]3OCC[C@H]32)cn1.O=C(O)C(F)(F)F. The molecule has 0 radical (unpaired) electrons. The first kappa shape index (κ1) is 23.8. The monoisotopic (exact) mass is 458 g/mol. The second-order valence-electron chi connectivity index (χ2n) is 7.75. The van der Waals surface area contributed by atoms with Crippen molar-refractivity contribution in [2.75, 3.05) is 13.2 Å². The lowest BCUT2D eigenvalue weighted by Crippen LogP contribution is -2.52. The number of carbonyl (C=O) groups is 2. The molecule has 0 bridgehead atoms. The molecule has 2 aromatic heterocycles. The molecule has 12 heteroatoms. The number of halogens is 3. The number of piperidine rings is 1. The van der Waals surface area contributed by atoms with Gasteiger partial charge in [-0.05, 0) is 25.0 Å². The van der Waals surface area contributed by atoms with Crippen LogP contribution in [0.4, 0.5) is 13.2 Å². The molecule has 32 heavy (non-hydrogen) atoms. The lowest BCUT2D eigenvalue weighted by Gasteiger charge is -2.40. The topological polar surface area (TPSA) is 110 Å². The van der Waals surface area contributed by atoms with E-state index in [1.807, 2.05) is 36.3 Å². The van der Waals surface area contributed by atoms with E-state index >= 15 is 0 Å². The van der Waals surface area contributed by atoms with Gasteiger partial charge in [-0.25, -0.2) is 4.79 Å². The van der Waals surface area contributed by atoms with Gasteiger partial charge in [0.15, 0.2) is 0 Å². The molecule has 176 valence electrons. The van der Waals surface area contributed by atoms with Gasteiger partial charge in [-0.2, -0.15) is 18.3 Å². The average molecular weight is 458 g/mol. The standard InChI is InChI=1S/C18H24N4O3.C2HF3O2/c1-21-10-13(8-20-21)11-22-12-14(7-17-16(22)4-6-25-17)18(23)19-9-15-3-2-5-24-15;3-2(4,5)1(6)7/h2-3,5,8,10,14,16-17H,4,6-7,9,11-12H2,1H3,(H,19,23);(H,6,7)/t14-,16-,17-;/m1./s1. The zero-order valence-electron chi connectivity index (χ0n) is 17.4. The molecule has 2 saturated heterocycles. The summed E-state index contributed by atoms with van der Waals surface area (Å²) in [5.74, 6) is -1.98. The molecule has 2 aromatic rings. The van der Waals surface area contributed by atoms with E-state index in [0.29, 0.717) is 12.6 Å². The minimum Gasteiger partial charge on any atom is -0.475 e. The van der Waals surface area contributed by atoms with Gasteiger partial charge in [0.05, 0.1) is 31.0 Å². The Bertz CT molecular complexity index is 899. The average Bonchev–Trinajstić information content (AvgIpc) is 3.48. The van der Waals surface area contributed by atoms with E-state index in [1.165, 1.54) is 5.56 Å². The molecule has 2 aliphatic rings. The highest BCUT2D eigenvalue weighted by Crippen LogP contribution is 2.32. The highest BCUT2D eigenvalue weighted by atomic mass is 19.4. The summed E-state index contributed by atoms with van der Waals surface area (Å²) in [6, 6.07) is 4.09. The van der Waals surface area contributed by atoms with Crippen molar-refractivity contribution < 1.29 is 37.0 Å². The molecule has 0 aliphatic carbocycles. The van der Waals surface area contributed by atoms with Crippen molar-refractivity contribution in [1.29, 1.82) is 0 Å². The number of carboxylic acids is 1. The fourth-order valence-electron chi connectivity index (χ4n) is 3.94. The largest absolute Gasteiger partial charge is 0.490 e. The fraction of sp³-hybridized carbons (Fsp3) is 0.550. The van der Waals surface area contributed by atoms with Crippen molar-refractivity contribution in [3.63, 3.8) is 0 Å². The van der Waals surface area contributed by atoms with Gasteiger partial charge in [0.25, 0.3) is 0 Å². The zero-order chi connectivity index (χ0) is 23.3. The van der Waals surface area contributed by atoms with Crippen LogP contribution >= 0.6 is 0 Å². The Morgan fingerprint density at radius 2 is 2.12 bits per heavy atom. The summed E-state index contributed by atoms with van der Waals surface area (Å²) in [5.41, 5.74) is 1.17. The van der Waals surface area contributed by atoms with Crippen LogP contribution in [0.1, 0.15) is 24.2 Å². The van der Waals surface area contributed by atoms with Crippen molar-refractivity contribution >= 4 is 11.9 Å². The predicted molar refractivity (Wildman–Crippen MR) is 104 cm³/mol. The number of hydrogen-bond acceptors (Lipinski definition) is 6. The van der Waals surface area contributed by atoms with Crippen LogP contribution in [0.2, 0.25) is 0 Å². The van der Waals surface area contributed by atoms with Crippen LogP contribution in [0.5, 0.6) is 0 Å². The second kappa shape index (κ2) is 10.2. The number of nitrogens with one attached hydrogen (secondary N) is 1. The summed E-state index contributed by atoms with van der Waals surface area (Å²) in [5, 5.41) is 14.4. The van der Waals surface area contributed by atoms with E-state index in [4.69, 9.17) is 19.1 Å². The van der Waals surface area contributed by atoms with E-state index in [-0.39, 0.29) is 17.9 Å². The molecule has 4 heterocycles. The first-order chi connectivity index (χ1) is 15.1. The Hall–Kier alpha value is -2.86. The number of carbonyl (C=O) groups excluding carboxylic acids is 1. The van der Waals surface area contributed by atoms with Gasteiger partial charge in [-0.15, -0.1) is 0 Å². The quantitative estimate of drug-likeness (QED) is 0.705. The first-order valence-corrected chi connectivity index (χ1v) is 10.1. The Morgan fingerprint density at radius 1 is 1.38 bits per heavy atom. The van der Waals surface area contributed by atoms with Crippen LogP contribution in [-0.4, -0.2) is 63.1 Å². The number of aliphatic carboxylic acids is 1. The molecule has 2 N–H and O–H groups in total. The van der Waals surface area contributed by atoms with Crippen molar-refractivity contribution in [2.24, 2.45) is 13.0 Å². The molecular weight excluding hydrogens is 433 g/mol. The normalized spacial score (nSPS) is 23.2. The predicted octanol–water partition coefficient (Wildman–Crippen LogP) is 1.94. The van der Waals surface area contributed by atoms with E-state index in [2.05, 4.69) is 15.3 Å². The molecular formula is C20H25F3N4O5. The number of ether oxygens (including phenoxy) is 1. The number of aromatic nitrogens is 2. The molecule has 4 rings (SSSR count). The van der Waals surface area contributed by atoms with Gasteiger partial charge in [-0.1, -0.05) is 0 Å². The van der Waals surface area contributed by atoms with Gasteiger partial charge in [0.1, 0.15) is 5.76 Å². The number of nitrogens with zero attached hydrogens (tertiary/aromatic N) is 3. The molecule has 9 nitrogen and oxygen atoms in total. The van der Waals surface area contributed by atoms with Crippen LogP contribution in [0.25, 0.3) is 0 Å². The van der Waals surface area contributed by atoms with Crippen molar-refractivity contribution in [1.82, 2.24) is 20.0 Å². The van der Waals surface area contributed by atoms with Crippen LogP contribution in [0.15, 0.2) is 35.2 Å². The number of aryl methyl sites for hydroxylation is 1. The molecule has 2 fully saturated rings. The molecule has 0 spiro atoms. The maximum absolute atomic E-state index is 12.6. The number of fused-ring (bicyclic) bond motifs is 1. The maximum Gasteiger partial charge on any atom is 0.490 e. The Balaban J connectivity index is 0.000000360. The number of amides is 1. The van der Waals surface area contributed by atoms with Crippen LogP contribution in [0.3, 0.4) is 0 Å². The van der Waals surface area contributed by atoms with Gasteiger partial charge >= 0.3 is 12.1 Å². The molecule has 0 aromatic carbocycles. The third-order valence-electron chi connectivity index (χ3n) is 5.39. The number of hydrogen-bond donors (Lipinski definition) is 2. The van der Waals surface area contributed by atoms with Gasteiger partial charge in [0, 0.05) is 44.5 Å². The van der Waals surface area contributed by atoms with E-state index in [9.17, 15) is 18.0 Å². The summed E-state index contributed by atoms with van der Waals surface area (Å²) in [7, 11) is 1.92. The number of likely N-dealkylation sites (tertiary alicyclic amines) is 1. The minimum atomic E-state index is -5.08. The lowest BCUT2D eigenvalue weighted by atomic mass is 9.89. The summed E-state index contributed by atoms with van der Waals surface area (Å²) in [6.45, 7) is 2.77. The summed E-state index contributed by atoms with van der Waals surface area (Å²) >= 11 is 0. The second-order valence-corrected chi connectivity index (χ2v) is 7.75.